The summed E-state index contributed by atoms with van der Waals surface area (Å²) in [6, 6.07) is 2.01. The van der Waals surface area contributed by atoms with Gasteiger partial charge in [0.25, 0.3) is 0 Å². The number of nitrogens with one attached hydrogen (secondary N) is 1. The Hall–Kier alpha value is -0.800. The molecule has 1 N–H and O–H groups in total. The Kier molecular flexibility index (Phi) is 3.22. The molecule has 78 valence electrons. The van der Waals surface area contributed by atoms with Crippen LogP contribution in [0.15, 0.2) is 16.7 Å². The summed E-state index contributed by atoms with van der Waals surface area (Å²) in [5.41, 5.74) is 4.64. The van der Waals surface area contributed by atoms with Crippen molar-refractivity contribution in [3.8, 4) is 0 Å². The van der Waals surface area contributed by atoms with E-state index < -0.39 is 0 Å². The van der Waals surface area contributed by atoms with E-state index in [1.165, 1.54) is 37.9 Å². The van der Waals surface area contributed by atoms with Crippen LogP contribution in [0.5, 0.6) is 0 Å². The van der Waals surface area contributed by atoms with Gasteiger partial charge in [0.1, 0.15) is 5.76 Å². The molecule has 14 heavy (non-hydrogen) atoms. The molecule has 0 spiro atoms. The zero-order valence-electron chi connectivity index (χ0n) is 8.75. The van der Waals surface area contributed by atoms with Crippen LogP contribution < -0.4 is 5.43 Å². The molecule has 1 aliphatic rings. The van der Waals surface area contributed by atoms with E-state index in [0.717, 1.165) is 12.3 Å². The van der Waals surface area contributed by atoms with Crippen LogP contribution in [0.3, 0.4) is 0 Å². The molecule has 2 heterocycles. The predicted octanol–water partition coefficient (Wildman–Crippen LogP) is 2.08. The van der Waals surface area contributed by atoms with Crippen molar-refractivity contribution in [3.63, 3.8) is 0 Å². The van der Waals surface area contributed by atoms with Gasteiger partial charge in [-0.05, 0) is 31.4 Å². The fourth-order valence-electron chi connectivity index (χ4n) is 1.82. The lowest BCUT2D eigenvalue weighted by atomic mass is 10.2. The van der Waals surface area contributed by atoms with Crippen molar-refractivity contribution < 1.29 is 4.42 Å². The minimum Gasteiger partial charge on any atom is -0.468 e. The predicted molar refractivity (Wildman–Crippen MR) is 55.7 cm³/mol. The van der Waals surface area contributed by atoms with Crippen LogP contribution in [0.2, 0.25) is 0 Å². The van der Waals surface area contributed by atoms with Crippen molar-refractivity contribution in [2.45, 2.75) is 32.7 Å². The van der Waals surface area contributed by atoms with Crippen molar-refractivity contribution in [2.75, 3.05) is 13.1 Å². The van der Waals surface area contributed by atoms with E-state index in [9.17, 15) is 0 Å². The summed E-state index contributed by atoms with van der Waals surface area (Å²) in [7, 11) is 0. The maximum atomic E-state index is 5.37. The number of hydrogen-bond acceptors (Lipinski definition) is 3. The summed E-state index contributed by atoms with van der Waals surface area (Å²) in [4.78, 5) is 0. The quantitative estimate of drug-likeness (QED) is 0.798. The van der Waals surface area contributed by atoms with Gasteiger partial charge in [-0.1, -0.05) is 6.42 Å². The fourth-order valence-corrected chi connectivity index (χ4v) is 1.82. The molecule has 3 nitrogen and oxygen atoms in total. The molecule has 0 unspecified atom stereocenters. The van der Waals surface area contributed by atoms with Gasteiger partial charge in [-0.25, -0.2) is 10.4 Å². The third-order valence-corrected chi connectivity index (χ3v) is 2.79. The summed E-state index contributed by atoms with van der Waals surface area (Å²) in [5, 5.41) is 2.30. The highest BCUT2D eigenvalue weighted by Gasteiger charge is 2.10. The van der Waals surface area contributed by atoms with Gasteiger partial charge in [0.2, 0.25) is 0 Å². The molecule has 0 aliphatic carbocycles. The highest BCUT2D eigenvalue weighted by molar-refractivity contribution is 5.13. The first-order chi connectivity index (χ1) is 6.86. The molecular formula is C11H18N2O. The Balaban J connectivity index is 1.79. The van der Waals surface area contributed by atoms with Gasteiger partial charge in [0.15, 0.2) is 0 Å². The number of nitrogens with zero attached hydrogens (tertiary/aromatic N) is 1. The van der Waals surface area contributed by atoms with Crippen LogP contribution in [-0.4, -0.2) is 18.1 Å². The van der Waals surface area contributed by atoms with Gasteiger partial charge in [0, 0.05) is 13.1 Å². The zero-order valence-corrected chi connectivity index (χ0v) is 8.75. The zero-order chi connectivity index (χ0) is 9.80. The maximum Gasteiger partial charge on any atom is 0.121 e. The highest BCUT2D eigenvalue weighted by Crippen LogP contribution is 2.10. The number of hydrogen-bond donors (Lipinski definition) is 1. The molecule has 1 aliphatic heterocycles. The molecule has 0 aromatic carbocycles. The summed E-state index contributed by atoms with van der Waals surface area (Å²) in [6.45, 7) is 5.23. The monoisotopic (exact) mass is 194 g/mol. The number of furan rings is 1. The van der Waals surface area contributed by atoms with Crippen LogP contribution in [0.4, 0.5) is 0 Å². The first-order valence-corrected chi connectivity index (χ1v) is 5.38. The molecule has 3 heteroatoms. The van der Waals surface area contributed by atoms with E-state index in [4.69, 9.17) is 4.42 Å². The van der Waals surface area contributed by atoms with Gasteiger partial charge in [0.05, 0.1) is 12.8 Å². The number of aryl methyl sites for hydroxylation is 1. The van der Waals surface area contributed by atoms with Crippen molar-refractivity contribution in [1.29, 1.82) is 0 Å². The average Bonchev–Trinajstić information content (AvgIpc) is 2.63. The molecule has 0 saturated carbocycles. The van der Waals surface area contributed by atoms with Crippen LogP contribution in [0, 0.1) is 6.92 Å². The van der Waals surface area contributed by atoms with Crippen molar-refractivity contribution >= 4 is 0 Å². The molecule has 0 bridgehead atoms. The van der Waals surface area contributed by atoms with Gasteiger partial charge in [-0.15, -0.1) is 0 Å². The molecule has 1 aromatic rings. The second-order valence-corrected chi connectivity index (χ2v) is 3.91. The summed E-state index contributed by atoms with van der Waals surface area (Å²) in [5.74, 6) is 1.05. The summed E-state index contributed by atoms with van der Waals surface area (Å²) < 4.78 is 5.37. The van der Waals surface area contributed by atoms with E-state index >= 15 is 0 Å². The number of hydrazine groups is 1. The minimum atomic E-state index is 0.818. The fraction of sp³-hybridized carbons (Fsp3) is 0.636. The molecule has 0 amide bonds. The standard InChI is InChI=1S/C11H18N2O/c1-10-5-8-14-11(10)9-12-13-6-3-2-4-7-13/h5,8,12H,2-4,6-7,9H2,1H3. The normalized spacial score (nSPS) is 18.6. The molecule has 0 atom stereocenters. The highest BCUT2D eigenvalue weighted by atomic mass is 16.3. The Bertz CT molecular complexity index is 277. The molecule has 0 radical (unpaired) electrons. The SMILES string of the molecule is Cc1ccoc1CNN1CCCCC1. The minimum absolute atomic E-state index is 0.818. The number of piperidine rings is 1. The smallest absolute Gasteiger partial charge is 0.121 e. The lowest BCUT2D eigenvalue weighted by Crippen LogP contribution is -2.41. The van der Waals surface area contributed by atoms with E-state index in [-0.39, 0.29) is 0 Å². The average molecular weight is 194 g/mol. The van der Waals surface area contributed by atoms with Gasteiger partial charge >= 0.3 is 0 Å². The maximum absolute atomic E-state index is 5.37. The van der Waals surface area contributed by atoms with E-state index in [2.05, 4.69) is 17.4 Å². The summed E-state index contributed by atoms with van der Waals surface area (Å²) >= 11 is 0. The third kappa shape index (κ3) is 2.36. The lowest BCUT2D eigenvalue weighted by molar-refractivity contribution is 0.146. The van der Waals surface area contributed by atoms with Crippen molar-refractivity contribution in [3.05, 3.63) is 23.7 Å². The van der Waals surface area contributed by atoms with E-state index in [1.807, 2.05) is 6.07 Å². The number of rotatable bonds is 3. The third-order valence-electron chi connectivity index (χ3n) is 2.79. The Labute approximate surface area is 85.1 Å². The second kappa shape index (κ2) is 4.62. The Morgan fingerprint density at radius 1 is 1.36 bits per heavy atom. The van der Waals surface area contributed by atoms with Crippen LogP contribution in [0.1, 0.15) is 30.6 Å². The van der Waals surface area contributed by atoms with Crippen molar-refractivity contribution in [1.82, 2.24) is 10.4 Å². The molecule has 1 saturated heterocycles. The lowest BCUT2D eigenvalue weighted by Gasteiger charge is -2.26. The van der Waals surface area contributed by atoms with E-state index in [0.29, 0.717) is 0 Å². The van der Waals surface area contributed by atoms with Crippen LogP contribution >= 0.6 is 0 Å². The molecule has 1 fully saturated rings. The van der Waals surface area contributed by atoms with Gasteiger partial charge in [-0.2, -0.15) is 0 Å². The van der Waals surface area contributed by atoms with Gasteiger partial charge in [-0.3, -0.25) is 0 Å². The van der Waals surface area contributed by atoms with Crippen LogP contribution in [0.25, 0.3) is 0 Å². The summed E-state index contributed by atoms with van der Waals surface area (Å²) in [6.07, 6.45) is 5.74. The molecular weight excluding hydrogens is 176 g/mol. The van der Waals surface area contributed by atoms with Gasteiger partial charge < -0.3 is 4.42 Å². The Morgan fingerprint density at radius 3 is 2.79 bits per heavy atom. The van der Waals surface area contributed by atoms with Crippen molar-refractivity contribution in [2.24, 2.45) is 0 Å². The second-order valence-electron chi connectivity index (χ2n) is 3.91. The largest absolute Gasteiger partial charge is 0.468 e. The Morgan fingerprint density at radius 2 is 2.14 bits per heavy atom. The first-order valence-electron chi connectivity index (χ1n) is 5.38. The molecule has 2 rings (SSSR count). The topological polar surface area (TPSA) is 28.4 Å². The van der Waals surface area contributed by atoms with Crippen LogP contribution in [-0.2, 0) is 6.54 Å². The molecule has 1 aromatic heterocycles. The first kappa shape index (κ1) is 9.74. The van der Waals surface area contributed by atoms with E-state index in [1.54, 1.807) is 6.26 Å².